The summed E-state index contributed by atoms with van der Waals surface area (Å²) >= 11 is 1.62. The number of hydrogen-bond donors (Lipinski definition) is 2. The molecule has 0 bridgehead atoms. The van der Waals surface area contributed by atoms with Gasteiger partial charge in [0.05, 0.1) is 18.8 Å². The Morgan fingerprint density at radius 1 is 1.30 bits per heavy atom. The lowest BCUT2D eigenvalue weighted by Gasteiger charge is -2.11. The standard InChI is InChI=1S/C13H22N8S.HI/c1-9-18-19-11(21(9)5)7-16-12(14-2)15-6-10-8-22-13(17-10)20(3)4;/h8H,6-7H2,1-5H3,(H2,14,15,16);1H. The van der Waals surface area contributed by atoms with E-state index in [1.165, 1.54) is 0 Å². The second-order valence-electron chi connectivity index (χ2n) is 5.02. The zero-order valence-electron chi connectivity index (χ0n) is 14.0. The summed E-state index contributed by atoms with van der Waals surface area (Å²) in [6.07, 6.45) is 0. The Morgan fingerprint density at radius 3 is 2.52 bits per heavy atom. The summed E-state index contributed by atoms with van der Waals surface area (Å²) in [5, 5.41) is 17.6. The lowest BCUT2D eigenvalue weighted by molar-refractivity contribution is 0.715. The number of thiazole rings is 1. The number of nitrogens with one attached hydrogen (secondary N) is 2. The van der Waals surface area contributed by atoms with Gasteiger partial charge in [-0.15, -0.1) is 45.5 Å². The number of nitrogens with zero attached hydrogens (tertiary/aromatic N) is 6. The number of halogens is 1. The first-order valence-electron chi connectivity index (χ1n) is 6.92. The molecule has 0 fully saturated rings. The van der Waals surface area contributed by atoms with Crippen LogP contribution in [0.15, 0.2) is 10.4 Å². The highest BCUT2D eigenvalue weighted by molar-refractivity contribution is 14.0. The maximum atomic E-state index is 4.52. The van der Waals surface area contributed by atoms with Crippen LogP contribution in [-0.4, -0.2) is 46.9 Å². The second kappa shape index (κ2) is 9.01. The topological polar surface area (TPSA) is 83.3 Å². The van der Waals surface area contributed by atoms with Crippen LogP contribution in [0, 0.1) is 6.92 Å². The molecule has 0 radical (unpaired) electrons. The molecule has 128 valence electrons. The maximum absolute atomic E-state index is 4.52. The zero-order chi connectivity index (χ0) is 16.1. The van der Waals surface area contributed by atoms with Gasteiger partial charge in [-0.3, -0.25) is 4.99 Å². The van der Waals surface area contributed by atoms with Crippen molar-refractivity contribution in [2.75, 3.05) is 26.0 Å². The summed E-state index contributed by atoms with van der Waals surface area (Å²) < 4.78 is 1.95. The third kappa shape index (κ3) is 5.30. The van der Waals surface area contributed by atoms with Crippen LogP contribution < -0.4 is 15.5 Å². The van der Waals surface area contributed by atoms with Crippen molar-refractivity contribution in [3.8, 4) is 0 Å². The molecule has 0 amide bonds. The van der Waals surface area contributed by atoms with E-state index in [2.05, 4.69) is 30.8 Å². The van der Waals surface area contributed by atoms with Crippen LogP contribution in [0.25, 0.3) is 0 Å². The van der Waals surface area contributed by atoms with Crippen molar-refractivity contribution in [1.29, 1.82) is 0 Å². The highest BCUT2D eigenvalue weighted by Crippen LogP contribution is 2.17. The molecule has 2 aromatic rings. The van der Waals surface area contributed by atoms with Gasteiger partial charge in [0.25, 0.3) is 0 Å². The number of anilines is 1. The van der Waals surface area contributed by atoms with Crippen LogP contribution in [0.5, 0.6) is 0 Å². The highest BCUT2D eigenvalue weighted by Gasteiger charge is 2.07. The van der Waals surface area contributed by atoms with E-state index in [0.29, 0.717) is 19.0 Å². The molecule has 8 nitrogen and oxygen atoms in total. The molecule has 0 aliphatic rings. The van der Waals surface area contributed by atoms with E-state index in [9.17, 15) is 0 Å². The maximum Gasteiger partial charge on any atom is 0.191 e. The fourth-order valence-corrected chi connectivity index (χ4v) is 2.50. The van der Waals surface area contributed by atoms with E-state index in [0.717, 1.165) is 22.5 Å². The Kier molecular flexibility index (Phi) is 7.68. The number of hydrogen-bond acceptors (Lipinski definition) is 6. The minimum absolute atomic E-state index is 0. The molecule has 10 heteroatoms. The van der Waals surface area contributed by atoms with Gasteiger partial charge in [0.15, 0.2) is 16.9 Å². The van der Waals surface area contributed by atoms with Gasteiger partial charge in [-0.2, -0.15) is 0 Å². The first kappa shape index (κ1) is 19.6. The second-order valence-corrected chi connectivity index (χ2v) is 5.85. The number of aliphatic imine (C=N–C) groups is 1. The Hall–Kier alpha value is -1.43. The van der Waals surface area contributed by atoms with E-state index in [1.807, 2.05) is 42.9 Å². The summed E-state index contributed by atoms with van der Waals surface area (Å²) in [5.74, 6) is 2.46. The van der Waals surface area contributed by atoms with Crippen LogP contribution in [-0.2, 0) is 20.1 Å². The third-order valence-corrected chi connectivity index (χ3v) is 4.24. The van der Waals surface area contributed by atoms with Gasteiger partial charge in [-0.1, -0.05) is 0 Å². The highest BCUT2D eigenvalue weighted by atomic mass is 127. The summed E-state index contributed by atoms with van der Waals surface area (Å²) in [7, 11) is 7.66. The average molecular weight is 450 g/mol. The molecule has 2 rings (SSSR count). The molecule has 2 heterocycles. The first-order valence-corrected chi connectivity index (χ1v) is 7.80. The Morgan fingerprint density at radius 2 is 2.00 bits per heavy atom. The van der Waals surface area contributed by atoms with Gasteiger partial charge >= 0.3 is 0 Å². The van der Waals surface area contributed by atoms with E-state index < -0.39 is 0 Å². The van der Waals surface area contributed by atoms with Crippen molar-refractivity contribution in [2.24, 2.45) is 12.0 Å². The number of aryl methyl sites for hydroxylation is 1. The molecule has 2 aromatic heterocycles. The summed E-state index contributed by atoms with van der Waals surface area (Å²) in [4.78, 5) is 10.7. The van der Waals surface area contributed by atoms with Crippen molar-refractivity contribution < 1.29 is 0 Å². The van der Waals surface area contributed by atoms with Gasteiger partial charge in [0, 0.05) is 33.6 Å². The molecule has 2 N–H and O–H groups in total. The molecular weight excluding hydrogens is 427 g/mol. The van der Waals surface area contributed by atoms with Crippen LogP contribution in [0.4, 0.5) is 5.13 Å². The molecule has 0 atom stereocenters. The van der Waals surface area contributed by atoms with Crippen LogP contribution in [0.1, 0.15) is 17.3 Å². The zero-order valence-corrected chi connectivity index (χ0v) is 17.1. The van der Waals surface area contributed by atoms with E-state index >= 15 is 0 Å². The van der Waals surface area contributed by atoms with Crippen LogP contribution in [0.3, 0.4) is 0 Å². The van der Waals surface area contributed by atoms with Crippen molar-refractivity contribution in [3.05, 3.63) is 22.7 Å². The van der Waals surface area contributed by atoms with Gasteiger partial charge in [-0.05, 0) is 6.92 Å². The molecule has 0 saturated carbocycles. The lowest BCUT2D eigenvalue weighted by Crippen LogP contribution is -2.37. The average Bonchev–Trinajstić information content (AvgIpc) is 3.09. The fraction of sp³-hybridized carbons (Fsp3) is 0.538. The molecule has 0 aromatic carbocycles. The quantitative estimate of drug-likeness (QED) is 0.404. The molecule has 0 aliphatic carbocycles. The Labute approximate surface area is 157 Å². The van der Waals surface area contributed by atoms with Crippen LogP contribution >= 0.6 is 35.3 Å². The monoisotopic (exact) mass is 450 g/mol. The van der Waals surface area contributed by atoms with Gasteiger partial charge in [0.2, 0.25) is 0 Å². The van der Waals surface area contributed by atoms with Crippen molar-refractivity contribution in [1.82, 2.24) is 30.4 Å². The third-order valence-electron chi connectivity index (χ3n) is 3.18. The van der Waals surface area contributed by atoms with Crippen molar-refractivity contribution >= 4 is 46.4 Å². The van der Waals surface area contributed by atoms with Gasteiger partial charge in [0.1, 0.15) is 5.82 Å². The minimum Gasteiger partial charge on any atom is -0.354 e. The first-order chi connectivity index (χ1) is 10.5. The number of rotatable bonds is 5. The Balaban J connectivity index is 0.00000264. The minimum atomic E-state index is 0. The largest absolute Gasteiger partial charge is 0.354 e. The summed E-state index contributed by atoms with van der Waals surface area (Å²) in [6.45, 7) is 3.12. The van der Waals surface area contributed by atoms with Crippen molar-refractivity contribution in [3.63, 3.8) is 0 Å². The molecular formula is C13H23IN8S. The molecule has 0 saturated heterocycles. The van der Waals surface area contributed by atoms with E-state index in [4.69, 9.17) is 0 Å². The molecule has 23 heavy (non-hydrogen) atoms. The summed E-state index contributed by atoms with van der Waals surface area (Å²) in [6, 6.07) is 0. The molecule has 0 spiro atoms. The van der Waals surface area contributed by atoms with E-state index in [-0.39, 0.29) is 24.0 Å². The predicted octanol–water partition coefficient (Wildman–Crippen LogP) is 1.13. The number of aromatic nitrogens is 4. The van der Waals surface area contributed by atoms with Gasteiger partial charge < -0.3 is 20.1 Å². The summed E-state index contributed by atoms with van der Waals surface area (Å²) in [5.41, 5.74) is 0.992. The normalized spacial score (nSPS) is 11.1. The molecule has 0 unspecified atom stereocenters. The van der Waals surface area contributed by atoms with Crippen LogP contribution in [0.2, 0.25) is 0 Å². The fourth-order valence-electron chi connectivity index (χ4n) is 1.75. The Bertz CT molecular complexity index is 648. The predicted molar refractivity (Wildman–Crippen MR) is 105 cm³/mol. The molecule has 0 aliphatic heterocycles. The number of guanidine groups is 1. The lowest BCUT2D eigenvalue weighted by atomic mass is 10.5. The van der Waals surface area contributed by atoms with Crippen molar-refractivity contribution in [2.45, 2.75) is 20.0 Å². The smallest absolute Gasteiger partial charge is 0.191 e. The van der Waals surface area contributed by atoms with E-state index in [1.54, 1.807) is 18.4 Å². The van der Waals surface area contributed by atoms with Gasteiger partial charge in [-0.25, -0.2) is 4.98 Å². The SMILES string of the molecule is CN=C(NCc1csc(N(C)C)n1)NCc1nnc(C)n1C.I.